The third-order valence-corrected chi connectivity index (χ3v) is 10.3. The van der Waals surface area contributed by atoms with Gasteiger partial charge in [0.2, 0.25) is 0 Å². The Kier molecular flexibility index (Phi) is 39.0. The highest BCUT2D eigenvalue weighted by Crippen LogP contribution is 2.27. The average Bonchev–Trinajstić information content (AvgIpc) is 3.16. The van der Waals surface area contributed by atoms with Crippen LogP contribution in [0.25, 0.3) is 0 Å². The van der Waals surface area contributed by atoms with Crippen molar-refractivity contribution in [1.82, 2.24) is 0 Å². The Morgan fingerprint density at radius 1 is 0.298 bits per heavy atom. The molecule has 0 aliphatic rings. The number of rotatable bonds is 44. The van der Waals surface area contributed by atoms with Crippen LogP contribution in [-0.4, -0.2) is 127 Å². The van der Waals surface area contributed by atoms with Gasteiger partial charge in [-0.25, -0.2) is 0 Å². The lowest BCUT2D eigenvalue weighted by Crippen LogP contribution is -2.36. The van der Waals surface area contributed by atoms with Crippen LogP contribution in [0.4, 0.5) is 0 Å². The van der Waals surface area contributed by atoms with Crippen LogP contribution in [0.2, 0.25) is 0 Å². The van der Waals surface area contributed by atoms with Crippen LogP contribution in [0.15, 0.2) is 12.7 Å². The van der Waals surface area contributed by atoms with E-state index < -0.39 is 0 Å². The first-order valence-electron chi connectivity index (χ1n) is 23.5. The molecule has 0 aromatic heterocycles. The van der Waals surface area contributed by atoms with Crippen molar-refractivity contribution in [3.63, 3.8) is 0 Å². The number of unbranched alkanes of at least 4 members (excludes halogenated alkanes) is 2. The summed E-state index contributed by atoms with van der Waals surface area (Å²) in [6.45, 7) is 33.3. The summed E-state index contributed by atoms with van der Waals surface area (Å²) in [6.07, 6.45) is 14.7. The molecule has 10 nitrogen and oxygen atoms in total. The smallest absolute Gasteiger partial charge is 0.0634 e. The zero-order valence-corrected chi connectivity index (χ0v) is 39.1. The van der Waals surface area contributed by atoms with Gasteiger partial charge in [-0.3, -0.25) is 0 Å². The first-order valence-corrected chi connectivity index (χ1v) is 23.5. The summed E-state index contributed by atoms with van der Waals surface area (Å²) in [5, 5.41) is 0. The molecule has 0 N–H and O–H groups in total. The molecule has 10 heteroatoms. The van der Waals surface area contributed by atoms with E-state index in [1.165, 1.54) is 19.3 Å². The molecule has 0 aliphatic heterocycles. The van der Waals surface area contributed by atoms with Gasteiger partial charge in [-0.1, -0.05) is 32.3 Å². The minimum absolute atomic E-state index is 0.00455. The molecule has 0 saturated heterocycles. The summed E-state index contributed by atoms with van der Waals surface area (Å²) in [5.74, 6) is 0. The van der Waals surface area contributed by atoms with E-state index in [1.807, 2.05) is 13.0 Å². The lowest BCUT2D eigenvalue weighted by molar-refractivity contribution is -0.0861. The van der Waals surface area contributed by atoms with Gasteiger partial charge in [-0.15, -0.1) is 6.58 Å². The molecule has 0 saturated carbocycles. The standard InChI is InChI=1S/C47H94O10/c1-13-25-26-28-39(49-16-4)30-41(51-18-6)32-43(53-20-8)34-45(55-22-10)36-47(57-24-12)37-46(56-23-11)35-44(54-21-9)33-42(52-19-7)31-40(50-17-5)29-38(27-14-2)48-15-3/h14,38-47H,2,13,15-37H2,1,3-12H3/t38-,39+,40-,41+,42-,43+,44?,45?,46?,47?/m0/s1. The quantitative estimate of drug-likeness (QED) is 0.0437. The van der Waals surface area contributed by atoms with Crippen molar-refractivity contribution in [2.45, 2.75) is 227 Å². The van der Waals surface area contributed by atoms with Crippen LogP contribution in [0.3, 0.4) is 0 Å². The molecule has 57 heavy (non-hydrogen) atoms. The molecule has 342 valence electrons. The summed E-state index contributed by atoms with van der Waals surface area (Å²) < 4.78 is 63.3. The van der Waals surface area contributed by atoms with Crippen LogP contribution in [-0.2, 0) is 47.4 Å². The van der Waals surface area contributed by atoms with Crippen LogP contribution < -0.4 is 0 Å². The Morgan fingerprint density at radius 2 is 0.509 bits per heavy atom. The minimum Gasteiger partial charge on any atom is -0.378 e. The fourth-order valence-electron chi connectivity index (χ4n) is 8.16. The number of hydrogen-bond donors (Lipinski definition) is 0. The predicted octanol–water partition coefficient (Wildman–Crippen LogP) is 10.7. The van der Waals surface area contributed by atoms with Crippen molar-refractivity contribution in [3.8, 4) is 0 Å². The Balaban J connectivity index is 6.00. The molecule has 0 aromatic carbocycles. The van der Waals surface area contributed by atoms with Gasteiger partial charge < -0.3 is 47.4 Å². The normalized spacial score (nSPS) is 17.4. The lowest BCUT2D eigenvalue weighted by atomic mass is 9.93. The second-order valence-corrected chi connectivity index (χ2v) is 14.9. The van der Waals surface area contributed by atoms with E-state index in [0.717, 1.165) is 77.2 Å². The molecule has 0 heterocycles. The third kappa shape index (κ3) is 29.3. The van der Waals surface area contributed by atoms with Crippen molar-refractivity contribution in [2.75, 3.05) is 66.1 Å². The third-order valence-electron chi connectivity index (χ3n) is 10.3. The van der Waals surface area contributed by atoms with Crippen molar-refractivity contribution in [1.29, 1.82) is 0 Å². The second kappa shape index (κ2) is 39.5. The zero-order chi connectivity index (χ0) is 42.5. The molecule has 0 amide bonds. The molecule has 0 aliphatic carbocycles. The largest absolute Gasteiger partial charge is 0.378 e. The van der Waals surface area contributed by atoms with E-state index >= 15 is 0 Å². The van der Waals surface area contributed by atoms with Gasteiger partial charge in [0, 0.05) is 72.5 Å². The molecular weight excluding hydrogens is 725 g/mol. The van der Waals surface area contributed by atoms with E-state index in [-0.39, 0.29) is 61.0 Å². The van der Waals surface area contributed by atoms with Crippen LogP contribution in [0, 0.1) is 0 Å². The summed E-state index contributed by atoms with van der Waals surface area (Å²) in [6, 6.07) is 0. The minimum atomic E-state index is -0.0431. The Hall–Kier alpha value is -0.660. The van der Waals surface area contributed by atoms with Gasteiger partial charge in [0.15, 0.2) is 0 Å². The van der Waals surface area contributed by atoms with Crippen LogP contribution in [0.1, 0.15) is 166 Å². The summed E-state index contributed by atoms with van der Waals surface area (Å²) in [7, 11) is 0. The molecule has 0 bridgehead atoms. The maximum absolute atomic E-state index is 6.46. The van der Waals surface area contributed by atoms with E-state index in [2.05, 4.69) is 75.8 Å². The van der Waals surface area contributed by atoms with Crippen molar-refractivity contribution < 1.29 is 47.4 Å². The van der Waals surface area contributed by atoms with E-state index in [0.29, 0.717) is 59.5 Å². The van der Waals surface area contributed by atoms with Gasteiger partial charge >= 0.3 is 0 Å². The van der Waals surface area contributed by atoms with E-state index in [9.17, 15) is 0 Å². The van der Waals surface area contributed by atoms with E-state index in [1.54, 1.807) is 0 Å². The van der Waals surface area contributed by atoms with Gasteiger partial charge in [-0.2, -0.15) is 0 Å². The first-order chi connectivity index (χ1) is 27.7. The second-order valence-electron chi connectivity index (χ2n) is 14.9. The van der Waals surface area contributed by atoms with Gasteiger partial charge in [0.25, 0.3) is 0 Å². The summed E-state index contributed by atoms with van der Waals surface area (Å²) >= 11 is 0. The molecule has 0 aromatic rings. The van der Waals surface area contributed by atoms with Gasteiger partial charge in [-0.05, 0) is 133 Å². The Bertz CT molecular complexity index is 849. The maximum atomic E-state index is 6.46. The van der Waals surface area contributed by atoms with Crippen molar-refractivity contribution >= 4 is 0 Å². The average molecular weight is 819 g/mol. The molecule has 0 fully saturated rings. The highest BCUT2D eigenvalue weighted by atomic mass is 16.5. The van der Waals surface area contributed by atoms with Crippen LogP contribution in [0.5, 0.6) is 0 Å². The molecule has 0 spiro atoms. The SMILES string of the molecule is C=CC[C@@H](C[C@@H](C[C@@H](CC(CC(CC(CC(C[C@@H](C[C@@H](C[C@@H](CCCCC)OCC)OCC)OCC)OCC)OCC)OCC)OCC)OCC)OCC)OCC. The highest BCUT2D eigenvalue weighted by Gasteiger charge is 2.30. The molecule has 4 unspecified atom stereocenters. The lowest BCUT2D eigenvalue weighted by Gasteiger charge is -2.32. The van der Waals surface area contributed by atoms with E-state index in [4.69, 9.17) is 47.4 Å². The molecule has 0 rings (SSSR count). The maximum Gasteiger partial charge on any atom is 0.0634 e. The van der Waals surface area contributed by atoms with Crippen molar-refractivity contribution in [3.05, 3.63) is 12.7 Å². The summed E-state index contributed by atoms with van der Waals surface area (Å²) in [4.78, 5) is 0. The Labute approximate surface area is 352 Å². The Morgan fingerprint density at radius 3 is 0.737 bits per heavy atom. The zero-order valence-electron chi connectivity index (χ0n) is 39.1. The van der Waals surface area contributed by atoms with Crippen molar-refractivity contribution in [2.24, 2.45) is 0 Å². The monoisotopic (exact) mass is 819 g/mol. The first kappa shape index (κ1) is 56.3. The topological polar surface area (TPSA) is 92.3 Å². The highest BCUT2D eigenvalue weighted by molar-refractivity contribution is 4.82. The fourth-order valence-corrected chi connectivity index (χ4v) is 8.16. The van der Waals surface area contributed by atoms with Gasteiger partial charge in [0.1, 0.15) is 0 Å². The molecular formula is C47H94O10. The number of hydrogen-bond acceptors (Lipinski definition) is 10. The predicted molar refractivity (Wildman–Crippen MR) is 235 cm³/mol. The van der Waals surface area contributed by atoms with Gasteiger partial charge in [0.05, 0.1) is 61.0 Å². The van der Waals surface area contributed by atoms with Crippen LogP contribution >= 0.6 is 0 Å². The molecule has 10 atom stereocenters. The summed E-state index contributed by atoms with van der Waals surface area (Å²) in [5.41, 5.74) is 0. The fraction of sp³-hybridized carbons (Fsp3) is 0.957. The number of ether oxygens (including phenoxy) is 10. The molecule has 0 radical (unpaired) electrons.